The van der Waals surface area contributed by atoms with Gasteiger partial charge in [0.25, 0.3) is 11.8 Å². The SMILES string of the molecule is NC(=O)c1n[nH]c(C(=O)N2CCN(C3CCNCC3)CC2)n1. The summed E-state index contributed by atoms with van der Waals surface area (Å²) in [4.78, 5) is 31.3. The lowest BCUT2D eigenvalue weighted by molar-refractivity contribution is 0.0522. The maximum Gasteiger partial charge on any atom is 0.291 e. The maximum absolute atomic E-state index is 12.3. The van der Waals surface area contributed by atoms with Gasteiger partial charge in [-0.3, -0.25) is 19.6 Å². The van der Waals surface area contributed by atoms with E-state index >= 15 is 0 Å². The number of piperazine rings is 1. The summed E-state index contributed by atoms with van der Waals surface area (Å²) in [6.07, 6.45) is 2.33. The second-order valence-electron chi connectivity index (χ2n) is 5.68. The van der Waals surface area contributed by atoms with Crippen LogP contribution in [0.5, 0.6) is 0 Å². The van der Waals surface area contributed by atoms with E-state index in [9.17, 15) is 9.59 Å². The first-order valence-electron chi connectivity index (χ1n) is 7.61. The highest BCUT2D eigenvalue weighted by Gasteiger charge is 2.28. The van der Waals surface area contributed by atoms with E-state index in [1.807, 2.05) is 0 Å². The molecule has 0 bridgehead atoms. The largest absolute Gasteiger partial charge is 0.363 e. The smallest absolute Gasteiger partial charge is 0.291 e. The van der Waals surface area contributed by atoms with Gasteiger partial charge < -0.3 is 16.0 Å². The number of H-pyrrole nitrogens is 1. The van der Waals surface area contributed by atoms with Crippen LogP contribution < -0.4 is 11.1 Å². The molecule has 0 spiro atoms. The molecule has 9 nitrogen and oxygen atoms in total. The van der Waals surface area contributed by atoms with Crippen molar-refractivity contribution in [2.75, 3.05) is 39.3 Å². The minimum Gasteiger partial charge on any atom is -0.363 e. The Morgan fingerprint density at radius 3 is 2.41 bits per heavy atom. The van der Waals surface area contributed by atoms with Crippen LogP contribution in [0, 0.1) is 0 Å². The molecule has 0 unspecified atom stereocenters. The summed E-state index contributed by atoms with van der Waals surface area (Å²) in [5, 5.41) is 9.49. The Bertz CT molecular complexity index is 544. The van der Waals surface area contributed by atoms with Crippen LogP contribution in [0.2, 0.25) is 0 Å². The summed E-state index contributed by atoms with van der Waals surface area (Å²) in [7, 11) is 0. The zero-order valence-corrected chi connectivity index (χ0v) is 12.4. The number of piperidine rings is 1. The van der Waals surface area contributed by atoms with Crippen LogP contribution in [0.15, 0.2) is 0 Å². The molecule has 0 aromatic carbocycles. The van der Waals surface area contributed by atoms with E-state index in [1.54, 1.807) is 4.90 Å². The molecule has 1 aromatic heterocycles. The van der Waals surface area contributed by atoms with Gasteiger partial charge in [0, 0.05) is 32.2 Å². The average Bonchev–Trinajstić information content (AvgIpc) is 3.05. The normalized spacial score (nSPS) is 21.0. The van der Waals surface area contributed by atoms with Gasteiger partial charge in [0.05, 0.1) is 0 Å². The number of aromatic nitrogens is 3. The third-order valence-electron chi connectivity index (χ3n) is 4.33. The standard InChI is InChI=1S/C13H21N7O2/c14-10(21)11-16-12(18-17-11)13(22)20-7-5-19(6-8-20)9-1-3-15-4-2-9/h9,15H,1-8H2,(H2,14,21)(H,16,17,18). The molecule has 3 rings (SSSR count). The number of carbonyl (C=O) groups is 2. The molecule has 120 valence electrons. The predicted molar refractivity (Wildman–Crippen MR) is 78.3 cm³/mol. The minimum absolute atomic E-state index is 0.0733. The van der Waals surface area contributed by atoms with Crippen LogP contribution in [0.4, 0.5) is 0 Å². The quantitative estimate of drug-likeness (QED) is 0.619. The number of nitrogens with one attached hydrogen (secondary N) is 2. The average molecular weight is 307 g/mol. The van der Waals surface area contributed by atoms with Crippen LogP contribution in [0.3, 0.4) is 0 Å². The van der Waals surface area contributed by atoms with Gasteiger partial charge in [-0.15, -0.1) is 5.10 Å². The lowest BCUT2D eigenvalue weighted by Crippen LogP contribution is -2.54. The van der Waals surface area contributed by atoms with Crippen LogP contribution in [-0.2, 0) is 0 Å². The Morgan fingerprint density at radius 2 is 1.82 bits per heavy atom. The predicted octanol–water partition coefficient (Wildman–Crippen LogP) is -1.59. The van der Waals surface area contributed by atoms with Crippen molar-refractivity contribution in [1.29, 1.82) is 0 Å². The van der Waals surface area contributed by atoms with Crippen molar-refractivity contribution in [3.8, 4) is 0 Å². The number of aromatic amines is 1. The number of hydrogen-bond donors (Lipinski definition) is 3. The first-order chi connectivity index (χ1) is 10.6. The molecular formula is C13H21N7O2. The van der Waals surface area contributed by atoms with Gasteiger partial charge in [0.2, 0.25) is 11.6 Å². The molecule has 0 saturated carbocycles. The zero-order chi connectivity index (χ0) is 15.5. The molecule has 1 aromatic rings. The molecule has 3 heterocycles. The molecule has 0 radical (unpaired) electrons. The van der Waals surface area contributed by atoms with Gasteiger partial charge in [-0.25, -0.2) is 0 Å². The lowest BCUT2D eigenvalue weighted by Gasteiger charge is -2.40. The fourth-order valence-electron chi connectivity index (χ4n) is 3.08. The lowest BCUT2D eigenvalue weighted by atomic mass is 10.0. The molecule has 2 aliphatic rings. The highest BCUT2D eigenvalue weighted by Crippen LogP contribution is 2.15. The molecule has 0 aliphatic carbocycles. The Labute approximate surface area is 128 Å². The molecule has 2 saturated heterocycles. The van der Waals surface area contributed by atoms with Crippen molar-refractivity contribution in [1.82, 2.24) is 30.3 Å². The fraction of sp³-hybridized carbons (Fsp3) is 0.692. The summed E-state index contributed by atoms with van der Waals surface area (Å²) in [5.74, 6) is -1.06. The number of primary amides is 1. The van der Waals surface area contributed by atoms with Crippen molar-refractivity contribution in [2.45, 2.75) is 18.9 Å². The Morgan fingerprint density at radius 1 is 1.14 bits per heavy atom. The molecule has 0 atom stereocenters. The van der Waals surface area contributed by atoms with Gasteiger partial charge in [-0.1, -0.05) is 0 Å². The number of nitrogens with two attached hydrogens (primary N) is 1. The number of rotatable bonds is 3. The van der Waals surface area contributed by atoms with Crippen LogP contribution in [0.25, 0.3) is 0 Å². The van der Waals surface area contributed by atoms with Crippen LogP contribution in [0.1, 0.15) is 34.1 Å². The monoisotopic (exact) mass is 307 g/mol. The van der Waals surface area contributed by atoms with E-state index in [0.717, 1.165) is 39.0 Å². The highest BCUT2D eigenvalue weighted by molar-refractivity contribution is 5.93. The minimum atomic E-state index is -0.744. The third kappa shape index (κ3) is 3.09. The van der Waals surface area contributed by atoms with Gasteiger partial charge >= 0.3 is 0 Å². The summed E-state index contributed by atoms with van der Waals surface area (Å²) < 4.78 is 0. The maximum atomic E-state index is 12.3. The van der Waals surface area contributed by atoms with E-state index in [-0.39, 0.29) is 17.6 Å². The Kier molecular flexibility index (Phi) is 4.34. The van der Waals surface area contributed by atoms with Crippen molar-refractivity contribution in [2.24, 2.45) is 5.73 Å². The van der Waals surface area contributed by atoms with Crippen molar-refractivity contribution < 1.29 is 9.59 Å². The number of carbonyl (C=O) groups excluding carboxylic acids is 2. The van der Waals surface area contributed by atoms with Crippen molar-refractivity contribution >= 4 is 11.8 Å². The molecule has 2 fully saturated rings. The molecular weight excluding hydrogens is 286 g/mol. The van der Waals surface area contributed by atoms with E-state index in [4.69, 9.17) is 5.73 Å². The topological polar surface area (TPSA) is 120 Å². The highest BCUT2D eigenvalue weighted by atomic mass is 16.2. The van der Waals surface area contributed by atoms with E-state index in [1.165, 1.54) is 0 Å². The van der Waals surface area contributed by atoms with Gasteiger partial charge in [-0.2, -0.15) is 4.98 Å². The first-order valence-corrected chi connectivity index (χ1v) is 7.61. The van der Waals surface area contributed by atoms with Crippen LogP contribution in [-0.4, -0.2) is 82.1 Å². The second-order valence-corrected chi connectivity index (χ2v) is 5.68. The molecule has 22 heavy (non-hydrogen) atoms. The van der Waals surface area contributed by atoms with Crippen molar-refractivity contribution in [3.63, 3.8) is 0 Å². The first kappa shape index (κ1) is 14.9. The van der Waals surface area contributed by atoms with E-state index in [0.29, 0.717) is 19.1 Å². The molecule has 2 amide bonds. The fourth-order valence-corrected chi connectivity index (χ4v) is 3.08. The Hall–Kier alpha value is -2.00. The summed E-state index contributed by atoms with van der Waals surface area (Å²) in [6, 6.07) is 0.616. The van der Waals surface area contributed by atoms with Gasteiger partial charge in [-0.05, 0) is 25.9 Å². The number of amides is 2. The van der Waals surface area contributed by atoms with E-state index in [2.05, 4.69) is 25.4 Å². The molecule has 9 heteroatoms. The molecule has 2 aliphatic heterocycles. The summed E-state index contributed by atoms with van der Waals surface area (Å²) in [6.45, 7) is 5.20. The Balaban J connectivity index is 1.55. The van der Waals surface area contributed by atoms with Crippen molar-refractivity contribution in [3.05, 3.63) is 11.6 Å². The summed E-state index contributed by atoms with van der Waals surface area (Å²) in [5.41, 5.74) is 5.09. The second kappa shape index (κ2) is 6.41. The number of hydrogen-bond acceptors (Lipinski definition) is 6. The van der Waals surface area contributed by atoms with Gasteiger partial charge in [0.15, 0.2) is 0 Å². The van der Waals surface area contributed by atoms with Crippen LogP contribution >= 0.6 is 0 Å². The van der Waals surface area contributed by atoms with Gasteiger partial charge in [0.1, 0.15) is 0 Å². The van der Waals surface area contributed by atoms with E-state index < -0.39 is 5.91 Å². The summed E-state index contributed by atoms with van der Waals surface area (Å²) >= 11 is 0. The number of nitrogens with zero attached hydrogens (tertiary/aromatic N) is 4. The molecule has 4 N–H and O–H groups in total. The zero-order valence-electron chi connectivity index (χ0n) is 12.4. The third-order valence-corrected chi connectivity index (χ3v) is 4.33.